The molecular weight excluding hydrogens is 256 g/mol. The summed E-state index contributed by atoms with van der Waals surface area (Å²) in [5.41, 5.74) is -0.395. The van der Waals surface area contributed by atoms with E-state index in [1.807, 2.05) is 0 Å². The number of ether oxygens (including phenoxy) is 1. The lowest BCUT2D eigenvalue weighted by Gasteiger charge is -2.20. The number of hydrogen-bond acceptors (Lipinski definition) is 4. The highest BCUT2D eigenvalue weighted by Gasteiger charge is 2.22. The molecule has 20 heavy (non-hydrogen) atoms. The molecule has 0 aliphatic heterocycles. The van der Waals surface area contributed by atoms with E-state index in [9.17, 15) is 9.90 Å². The lowest BCUT2D eigenvalue weighted by atomic mass is 9.86. The third-order valence-electron chi connectivity index (χ3n) is 2.63. The highest BCUT2D eigenvalue weighted by atomic mass is 16.6. The molecule has 2 N–H and O–H groups in total. The highest BCUT2D eigenvalue weighted by Crippen LogP contribution is 2.31. The van der Waals surface area contributed by atoms with Crippen LogP contribution in [0.2, 0.25) is 0 Å². The van der Waals surface area contributed by atoms with Crippen molar-refractivity contribution in [1.82, 2.24) is 0 Å². The molecule has 1 aromatic rings. The van der Waals surface area contributed by atoms with Gasteiger partial charge in [0.2, 0.25) is 0 Å². The van der Waals surface area contributed by atoms with E-state index in [-0.39, 0.29) is 11.4 Å². The third-order valence-corrected chi connectivity index (χ3v) is 2.63. The minimum atomic E-state index is -0.706. The smallest absolute Gasteiger partial charge is 0.412 e. The van der Waals surface area contributed by atoms with Crippen molar-refractivity contribution in [2.45, 2.75) is 45.6 Å². The van der Waals surface area contributed by atoms with E-state index >= 15 is 0 Å². The summed E-state index contributed by atoms with van der Waals surface area (Å²) >= 11 is 0. The number of phenols is 1. The highest BCUT2D eigenvalue weighted by molar-refractivity contribution is 5.87. The first-order chi connectivity index (χ1) is 9.05. The fraction of sp³-hybridized carbons (Fsp3) is 0.467. The monoisotopic (exact) mass is 276 g/mol. The summed E-state index contributed by atoms with van der Waals surface area (Å²) < 4.78 is 5.10. The molecule has 1 rings (SSSR count). The lowest BCUT2D eigenvalue weighted by Crippen LogP contribution is -2.27. The molecule has 0 heterocycles. The van der Waals surface area contributed by atoms with Gasteiger partial charge in [0.1, 0.15) is 11.4 Å². The number of hydrogen-bond donors (Lipinski definition) is 2. The average Bonchev–Trinajstić information content (AvgIpc) is 2.29. The standard InChI is InChI=1S/C15H20N2O3/c1-14(2,3)20-13(19)17-11-7-6-10(8-12(11)18)15(4,5)9-16/h6-8,18H,1-5H3,(H,17,19). The van der Waals surface area contributed by atoms with Crippen LogP contribution in [-0.4, -0.2) is 16.8 Å². The van der Waals surface area contributed by atoms with Crippen LogP contribution < -0.4 is 5.32 Å². The number of benzene rings is 1. The minimum absolute atomic E-state index is 0.100. The van der Waals surface area contributed by atoms with Gasteiger partial charge in [-0.1, -0.05) is 6.07 Å². The summed E-state index contributed by atoms with van der Waals surface area (Å²) in [4.78, 5) is 11.6. The van der Waals surface area contributed by atoms with Crippen LogP contribution in [0, 0.1) is 11.3 Å². The van der Waals surface area contributed by atoms with Gasteiger partial charge in [-0.3, -0.25) is 5.32 Å². The number of nitrogens with one attached hydrogen (secondary N) is 1. The van der Waals surface area contributed by atoms with Crippen LogP contribution in [0.3, 0.4) is 0 Å². The second kappa shape index (κ2) is 5.41. The van der Waals surface area contributed by atoms with Crippen molar-refractivity contribution in [3.05, 3.63) is 23.8 Å². The lowest BCUT2D eigenvalue weighted by molar-refractivity contribution is 0.0635. The van der Waals surface area contributed by atoms with Crippen LogP contribution in [-0.2, 0) is 10.2 Å². The largest absolute Gasteiger partial charge is 0.506 e. The van der Waals surface area contributed by atoms with Gasteiger partial charge in [0, 0.05) is 0 Å². The predicted octanol–water partition coefficient (Wildman–Crippen LogP) is 3.54. The fourth-order valence-corrected chi connectivity index (χ4v) is 1.50. The predicted molar refractivity (Wildman–Crippen MR) is 76.6 cm³/mol. The topological polar surface area (TPSA) is 82.3 Å². The van der Waals surface area contributed by atoms with Crippen LogP contribution in [0.1, 0.15) is 40.2 Å². The number of phenolic OH excluding ortho intramolecular Hbond substituents is 1. The second-order valence-corrected chi connectivity index (χ2v) is 6.10. The molecule has 0 saturated carbocycles. The van der Waals surface area contributed by atoms with Crippen LogP contribution in [0.25, 0.3) is 0 Å². The van der Waals surface area contributed by atoms with Crippen molar-refractivity contribution in [3.63, 3.8) is 0 Å². The Balaban J connectivity index is 2.90. The average molecular weight is 276 g/mol. The van der Waals surface area contributed by atoms with Gasteiger partial charge in [-0.25, -0.2) is 4.79 Å². The van der Waals surface area contributed by atoms with Crippen molar-refractivity contribution < 1.29 is 14.6 Å². The Morgan fingerprint density at radius 3 is 2.35 bits per heavy atom. The number of nitrogens with zero attached hydrogens (tertiary/aromatic N) is 1. The van der Waals surface area contributed by atoms with E-state index in [0.29, 0.717) is 5.56 Å². The van der Waals surface area contributed by atoms with E-state index in [0.717, 1.165) is 0 Å². The van der Waals surface area contributed by atoms with Crippen molar-refractivity contribution in [1.29, 1.82) is 5.26 Å². The maximum atomic E-state index is 11.6. The molecule has 108 valence electrons. The normalized spacial score (nSPS) is 11.6. The molecule has 0 spiro atoms. The molecule has 1 amide bonds. The summed E-state index contributed by atoms with van der Waals surface area (Å²) in [6.07, 6.45) is -0.639. The maximum absolute atomic E-state index is 11.6. The van der Waals surface area contributed by atoms with E-state index in [2.05, 4.69) is 11.4 Å². The molecule has 0 saturated heterocycles. The molecule has 0 radical (unpaired) electrons. The van der Waals surface area contributed by atoms with Gasteiger partial charge in [0.25, 0.3) is 0 Å². The summed E-state index contributed by atoms with van der Waals surface area (Å²) in [7, 11) is 0. The number of anilines is 1. The summed E-state index contributed by atoms with van der Waals surface area (Å²) in [6, 6.07) is 6.86. The number of rotatable bonds is 2. The van der Waals surface area contributed by atoms with Crippen LogP contribution in [0.5, 0.6) is 5.75 Å². The van der Waals surface area contributed by atoms with Gasteiger partial charge in [-0.2, -0.15) is 5.26 Å². The number of carbonyl (C=O) groups is 1. The molecule has 0 atom stereocenters. The fourth-order valence-electron chi connectivity index (χ4n) is 1.50. The Bertz CT molecular complexity index is 551. The third kappa shape index (κ3) is 4.16. The minimum Gasteiger partial charge on any atom is -0.506 e. The zero-order valence-electron chi connectivity index (χ0n) is 12.4. The number of aromatic hydroxyl groups is 1. The van der Waals surface area contributed by atoms with Gasteiger partial charge >= 0.3 is 6.09 Å². The van der Waals surface area contributed by atoms with E-state index < -0.39 is 17.1 Å². The first-order valence-electron chi connectivity index (χ1n) is 6.30. The van der Waals surface area contributed by atoms with Gasteiger partial charge in [-0.15, -0.1) is 0 Å². The molecule has 0 unspecified atom stereocenters. The molecular formula is C15H20N2O3. The van der Waals surface area contributed by atoms with Gasteiger partial charge < -0.3 is 9.84 Å². The van der Waals surface area contributed by atoms with Crippen molar-refractivity contribution >= 4 is 11.8 Å². The van der Waals surface area contributed by atoms with Crippen LogP contribution >= 0.6 is 0 Å². The van der Waals surface area contributed by atoms with Crippen molar-refractivity contribution in [2.24, 2.45) is 0 Å². The first-order valence-corrected chi connectivity index (χ1v) is 6.30. The Morgan fingerprint density at radius 1 is 1.30 bits per heavy atom. The number of nitriles is 1. The maximum Gasteiger partial charge on any atom is 0.412 e. The van der Waals surface area contributed by atoms with E-state index in [1.54, 1.807) is 46.8 Å². The molecule has 1 aromatic carbocycles. The molecule has 0 aliphatic carbocycles. The molecule has 0 aliphatic rings. The van der Waals surface area contributed by atoms with E-state index in [1.165, 1.54) is 6.07 Å². The summed E-state index contributed by atoms with van der Waals surface area (Å²) in [5.74, 6) is -0.100. The van der Waals surface area contributed by atoms with Gasteiger partial charge in [-0.05, 0) is 52.3 Å². The molecule has 0 fully saturated rings. The molecule has 0 bridgehead atoms. The van der Waals surface area contributed by atoms with Crippen LogP contribution in [0.15, 0.2) is 18.2 Å². The summed E-state index contributed by atoms with van der Waals surface area (Å²) in [6.45, 7) is 8.77. The van der Waals surface area contributed by atoms with Crippen LogP contribution in [0.4, 0.5) is 10.5 Å². The van der Waals surface area contributed by atoms with Crippen molar-refractivity contribution in [2.75, 3.05) is 5.32 Å². The first kappa shape index (κ1) is 15.8. The van der Waals surface area contributed by atoms with Gasteiger partial charge in [0.15, 0.2) is 0 Å². The Kier molecular flexibility index (Phi) is 4.29. The molecule has 0 aromatic heterocycles. The zero-order valence-corrected chi connectivity index (χ0v) is 12.4. The Hall–Kier alpha value is -2.22. The SMILES string of the molecule is CC(C)(C)OC(=O)Nc1ccc(C(C)(C)C#N)cc1O. The van der Waals surface area contributed by atoms with E-state index in [4.69, 9.17) is 10.00 Å². The van der Waals surface area contributed by atoms with Gasteiger partial charge in [0.05, 0.1) is 17.2 Å². The number of carbonyl (C=O) groups excluding carboxylic acids is 1. The molecule has 5 nitrogen and oxygen atoms in total. The number of amides is 1. The Labute approximate surface area is 119 Å². The quantitative estimate of drug-likeness (QED) is 0.809. The van der Waals surface area contributed by atoms with Crippen molar-refractivity contribution in [3.8, 4) is 11.8 Å². The zero-order chi connectivity index (χ0) is 15.6. The second-order valence-electron chi connectivity index (χ2n) is 6.10. The summed E-state index contributed by atoms with van der Waals surface area (Å²) in [5, 5.41) is 21.4. The molecule has 5 heteroatoms. The Morgan fingerprint density at radius 2 is 1.90 bits per heavy atom.